The molecule has 8 heteroatoms. The third-order valence-electron chi connectivity index (χ3n) is 2.87. The van der Waals surface area contributed by atoms with E-state index < -0.39 is 10.0 Å². The lowest BCUT2D eigenvalue weighted by Gasteiger charge is -2.13. The van der Waals surface area contributed by atoms with Crippen LogP contribution in [-0.4, -0.2) is 25.0 Å². The number of aryl methyl sites for hydroxylation is 2. The normalized spacial score (nSPS) is 11.3. The summed E-state index contributed by atoms with van der Waals surface area (Å²) in [4.78, 5) is 8.34. The zero-order valence-electron chi connectivity index (χ0n) is 12.4. The Morgan fingerprint density at radius 2 is 1.86 bits per heavy atom. The molecule has 0 fully saturated rings. The lowest BCUT2D eigenvalue weighted by atomic mass is 10.3. The fourth-order valence-corrected chi connectivity index (χ4v) is 3.33. The first kappa shape index (κ1) is 16.5. The third kappa shape index (κ3) is 3.66. The molecule has 0 aliphatic carbocycles. The summed E-state index contributed by atoms with van der Waals surface area (Å²) in [5, 5.41) is 0.347. The van der Waals surface area contributed by atoms with Gasteiger partial charge < -0.3 is 4.74 Å². The van der Waals surface area contributed by atoms with Crippen LogP contribution in [-0.2, 0) is 10.0 Å². The number of sulfonamides is 1. The highest BCUT2D eigenvalue weighted by atomic mass is 35.5. The van der Waals surface area contributed by atoms with Crippen LogP contribution in [0.1, 0.15) is 18.3 Å². The summed E-state index contributed by atoms with van der Waals surface area (Å²) in [6.45, 7) is 5.64. The molecule has 0 unspecified atom stereocenters. The van der Waals surface area contributed by atoms with Gasteiger partial charge in [-0.15, -0.1) is 0 Å². The summed E-state index contributed by atoms with van der Waals surface area (Å²) in [5.41, 5.74) is 1.31. The second-order valence-corrected chi connectivity index (χ2v) is 6.67. The van der Waals surface area contributed by atoms with Gasteiger partial charge >= 0.3 is 6.01 Å². The van der Waals surface area contributed by atoms with Crippen LogP contribution in [0.3, 0.4) is 0 Å². The van der Waals surface area contributed by atoms with Gasteiger partial charge in [0.25, 0.3) is 10.0 Å². The van der Waals surface area contributed by atoms with Crippen molar-refractivity contribution in [2.75, 3.05) is 11.3 Å². The predicted molar refractivity (Wildman–Crippen MR) is 84.9 cm³/mol. The molecule has 0 saturated heterocycles. The molecule has 2 aromatic rings. The van der Waals surface area contributed by atoms with Gasteiger partial charge in [0.2, 0.25) is 0 Å². The number of hydrogen-bond donors (Lipinski definition) is 1. The molecular formula is C14H16ClN3O3S. The lowest BCUT2D eigenvalue weighted by molar-refractivity contribution is 0.311. The molecule has 0 bridgehead atoms. The molecule has 0 saturated carbocycles. The predicted octanol–water partition coefficient (Wildman–Crippen LogP) is 2.95. The molecule has 1 aromatic heterocycles. The molecule has 0 atom stereocenters. The van der Waals surface area contributed by atoms with E-state index in [-0.39, 0.29) is 10.9 Å². The smallest absolute Gasteiger partial charge is 0.316 e. The van der Waals surface area contributed by atoms with Crippen molar-refractivity contribution >= 4 is 27.3 Å². The van der Waals surface area contributed by atoms with Crippen LogP contribution in [0.25, 0.3) is 0 Å². The second kappa shape index (κ2) is 6.50. The van der Waals surface area contributed by atoms with Crippen LogP contribution >= 0.6 is 11.6 Å². The van der Waals surface area contributed by atoms with Gasteiger partial charge in [-0.1, -0.05) is 17.7 Å². The standard InChI is InChI=1S/C14H16ClN3O3S/c1-4-21-14-16-9(2)13(10(3)17-14)18-22(19,20)12-7-5-6-11(15)8-12/h5-8,18H,4H2,1-3H3. The number of halogens is 1. The Bertz CT molecular complexity index is 771. The van der Waals surface area contributed by atoms with E-state index in [1.807, 2.05) is 6.92 Å². The molecule has 0 radical (unpaired) electrons. The number of benzene rings is 1. The largest absolute Gasteiger partial charge is 0.464 e. The Kier molecular flexibility index (Phi) is 4.87. The average molecular weight is 342 g/mol. The van der Waals surface area contributed by atoms with E-state index >= 15 is 0 Å². The van der Waals surface area contributed by atoms with Crippen molar-refractivity contribution in [3.63, 3.8) is 0 Å². The Morgan fingerprint density at radius 1 is 1.23 bits per heavy atom. The topological polar surface area (TPSA) is 81.2 Å². The van der Waals surface area contributed by atoms with E-state index in [1.54, 1.807) is 26.0 Å². The summed E-state index contributed by atoms with van der Waals surface area (Å²) >= 11 is 5.84. The average Bonchev–Trinajstić information content (AvgIpc) is 2.43. The van der Waals surface area contributed by atoms with E-state index in [9.17, 15) is 8.42 Å². The summed E-state index contributed by atoms with van der Waals surface area (Å²) < 4.78 is 32.6. The molecule has 118 valence electrons. The van der Waals surface area contributed by atoms with Crippen molar-refractivity contribution in [3.8, 4) is 6.01 Å². The van der Waals surface area contributed by atoms with E-state index in [0.29, 0.717) is 28.7 Å². The number of nitrogens with zero attached hydrogens (tertiary/aromatic N) is 2. The lowest BCUT2D eigenvalue weighted by Crippen LogP contribution is -2.16. The monoisotopic (exact) mass is 341 g/mol. The molecule has 0 aliphatic rings. The van der Waals surface area contributed by atoms with Gasteiger partial charge in [0.05, 0.1) is 28.6 Å². The highest BCUT2D eigenvalue weighted by molar-refractivity contribution is 7.92. The van der Waals surface area contributed by atoms with Gasteiger partial charge in [-0.3, -0.25) is 4.72 Å². The van der Waals surface area contributed by atoms with Crippen LogP contribution in [0, 0.1) is 13.8 Å². The summed E-state index contributed by atoms with van der Waals surface area (Å²) in [7, 11) is -3.76. The summed E-state index contributed by atoms with van der Waals surface area (Å²) in [6.07, 6.45) is 0. The van der Waals surface area contributed by atoms with Gasteiger partial charge in [0.15, 0.2) is 0 Å². The minimum atomic E-state index is -3.76. The fourth-order valence-electron chi connectivity index (χ4n) is 1.85. The maximum absolute atomic E-state index is 12.4. The minimum absolute atomic E-state index is 0.0766. The number of ether oxygens (including phenoxy) is 1. The Balaban J connectivity index is 2.38. The summed E-state index contributed by atoms with van der Waals surface area (Å²) in [5.74, 6) is 0. The van der Waals surface area contributed by atoms with Gasteiger partial charge in [0, 0.05) is 5.02 Å². The summed E-state index contributed by atoms with van der Waals surface area (Å²) in [6, 6.07) is 6.25. The van der Waals surface area contributed by atoms with Gasteiger partial charge in [-0.25, -0.2) is 8.42 Å². The molecule has 0 amide bonds. The molecule has 22 heavy (non-hydrogen) atoms. The quantitative estimate of drug-likeness (QED) is 0.904. The first-order valence-electron chi connectivity index (χ1n) is 6.60. The zero-order valence-corrected chi connectivity index (χ0v) is 14.0. The minimum Gasteiger partial charge on any atom is -0.464 e. The number of rotatable bonds is 5. The van der Waals surface area contributed by atoms with E-state index in [4.69, 9.17) is 16.3 Å². The zero-order chi connectivity index (χ0) is 16.3. The molecule has 2 rings (SSSR count). The SMILES string of the molecule is CCOc1nc(C)c(NS(=O)(=O)c2cccc(Cl)c2)c(C)n1. The fraction of sp³-hybridized carbons (Fsp3) is 0.286. The van der Waals surface area contributed by atoms with Crippen molar-refractivity contribution in [1.82, 2.24) is 9.97 Å². The molecule has 1 N–H and O–H groups in total. The van der Waals surface area contributed by atoms with Crippen molar-refractivity contribution < 1.29 is 13.2 Å². The van der Waals surface area contributed by atoms with Gasteiger partial charge in [-0.05, 0) is 39.0 Å². The highest BCUT2D eigenvalue weighted by Gasteiger charge is 2.19. The van der Waals surface area contributed by atoms with E-state index in [0.717, 1.165) is 0 Å². The van der Waals surface area contributed by atoms with Crippen molar-refractivity contribution in [3.05, 3.63) is 40.7 Å². The Hall–Kier alpha value is -1.86. The van der Waals surface area contributed by atoms with Gasteiger partial charge in [0.1, 0.15) is 0 Å². The molecular weight excluding hydrogens is 326 g/mol. The number of aromatic nitrogens is 2. The van der Waals surface area contributed by atoms with Crippen LogP contribution in [0.15, 0.2) is 29.2 Å². The maximum atomic E-state index is 12.4. The Labute approximate surface area is 134 Å². The molecule has 0 spiro atoms. The van der Waals surface area contributed by atoms with E-state index in [2.05, 4.69) is 14.7 Å². The molecule has 6 nitrogen and oxygen atoms in total. The van der Waals surface area contributed by atoms with E-state index in [1.165, 1.54) is 12.1 Å². The van der Waals surface area contributed by atoms with Crippen molar-refractivity contribution in [1.29, 1.82) is 0 Å². The van der Waals surface area contributed by atoms with Crippen LogP contribution < -0.4 is 9.46 Å². The number of anilines is 1. The molecule has 1 aromatic carbocycles. The second-order valence-electron chi connectivity index (χ2n) is 4.55. The molecule has 1 heterocycles. The van der Waals surface area contributed by atoms with Gasteiger partial charge in [-0.2, -0.15) is 9.97 Å². The van der Waals surface area contributed by atoms with Crippen LogP contribution in [0.4, 0.5) is 5.69 Å². The first-order chi connectivity index (χ1) is 10.3. The van der Waals surface area contributed by atoms with Crippen molar-refractivity contribution in [2.24, 2.45) is 0 Å². The van der Waals surface area contributed by atoms with Crippen LogP contribution in [0.5, 0.6) is 6.01 Å². The van der Waals surface area contributed by atoms with Crippen molar-refractivity contribution in [2.45, 2.75) is 25.7 Å². The first-order valence-corrected chi connectivity index (χ1v) is 8.46. The highest BCUT2D eigenvalue weighted by Crippen LogP contribution is 2.24. The number of nitrogens with one attached hydrogen (secondary N) is 1. The third-order valence-corrected chi connectivity index (χ3v) is 4.45. The number of hydrogen-bond acceptors (Lipinski definition) is 5. The maximum Gasteiger partial charge on any atom is 0.316 e. The van der Waals surface area contributed by atoms with Crippen LogP contribution in [0.2, 0.25) is 5.02 Å². The molecule has 0 aliphatic heterocycles. The Morgan fingerprint density at radius 3 is 2.41 bits per heavy atom.